The molecule has 0 amide bonds. The molecule has 1 aromatic heterocycles. The summed E-state index contributed by atoms with van der Waals surface area (Å²) in [7, 11) is 0. The number of aliphatic hydroxyl groups excluding tert-OH is 1. The summed E-state index contributed by atoms with van der Waals surface area (Å²) in [6, 6.07) is 1.73. The molecule has 1 heterocycles. The van der Waals surface area contributed by atoms with Crippen molar-refractivity contribution in [2.75, 3.05) is 18.1 Å². The van der Waals surface area contributed by atoms with Gasteiger partial charge in [-0.05, 0) is 20.3 Å². The van der Waals surface area contributed by atoms with Crippen molar-refractivity contribution in [1.82, 2.24) is 9.97 Å². The second-order valence-electron chi connectivity index (χ2n) is 3.63. The van der Waals surface area contributed by atoms with Crippen molar-refractivity contribution in [3.05, 3.63) is 22.7 Å². The normalized spacial score (nSPS) is 10.7. The summed E-state index contributed by atoms with van der Waals surface area (Å²) < 4.78 is 0. The molecule has 84 valence electrons. The standard InChI is InChI=1S/C10H17N3O2/c1-8(2)13(4-3-5-14)9-6-10(15)12-7-11-9/h6-8,14H,3-5H2,1-2H3,(H,11,12,15). The fourth-order valence-corrected chi connectivity index (χ4v) is 1.39. The van der Waals surface area contributed by atoms with Gasteiger partial charge in [-0.3, -0.25) is 4.79 Å². The van der Waals surface area contributed by atoms with Crippen LogP contribution in [-0.4, -0.2) is 34.3 Å². The third kappa shape index (κ3) is 3.36. The number of H-pyrrole nitrogens is 1. The van der Waals surface area contributed by atoms with Gasteiger partial charge < -0.3 is 15.0 Å². The minimum absolute atomic E-state index is 0.145. The summed E-state index contributed by atoms with van der Waals surface area (Å²) in [5.41, 5.74) is -0.158. The van der Waals surface area contributed by atoms with Gasteiger partial charge in [0.1, 0.15) is 5.82 Å². The highest BCUT2D eigenvalue weighted by Crippen LogP contribution is 2.10. The Morgan fingerprint density at radius 3 is 2.87 bits per heavy atom. The van der Waals surface area contributed by atoms with Gasteiger partial charge in [0.25, 0.3) is 5.56 Å². The molecule has 0 aromatic carbocycles. The highest BCUT2D eigenvalue weighted by molar-refractivity contribution is 5.37. The molecule has 0 spiro atoms. The molecule has 5 heteroatoms. The van der Waals surface area contributed by atoms with Gasteiger partial charge in [0.2, 0.25) is 0 Å². The number of nitrogens with one attached hydrogen (secondary N) is 1. The van der Waals surface area contributed by atoms with E-state index in [1.54, 1.807) is 0 Å². The van der Waals surface area contributed by atoms with Crippen LogP contribution in [0.15, 0.2) is 17.2 Å². The number of aromatic nitrogens is 2. The van der Waals surface area contributed by atoms with Crippen LogP contribution in [-0.2, 0) is 0 Å². The molecule has 0 saturated carbocycles. The summed E-state index contributed by atoms with van der Waals surface area (Å²) >= 11 is 0. The van der Waals surface area contributed by atoms with Gasteiger partial charge in [-0.1, -0.05) is 0 Å². The van der Waals surface area contributed by atoms with Crippen LogP contribution in [0.5, 0.6) is 0 Å². The van der Waals surface area contributed by atoms with Crippen molar-refractivity contribution >= 4 is 5.82 Å². The number of hydrogen-bond donors (Lipinski definition) is 2. The molecular formula is C10H17N3O2. The summed E-state index contributed by atoms with van der Waals surface area (Å²) in [5.74, 6) is 0.655. The van der Waals surface area contributed by atoms with E-state index in [1.165, 1.54) is 12.4 Å². The first-order chi connectivity index (χ1) is 7.15. The fraction of sp³-hybridized carbons (Fsp3) is 0.600. The molecule has 0 aliphatic rings. The Bertz CT molecular complexity index is 349. The molecule has 0 fully saturated rings. The van der Waals surface area contributed by atoms with Crippen LogP contribution < -0.4 is 10.5 Å². The van der Waals surface area contributed by atoms with Crippen molar-refractivity contribution in [1.29, 1.82) is 0 Å². The molecule has 0 bridgehead atoms. The number of anilines is 1. The first kappa shape index (κ1) is 11.7. The number of rotatable bonds is 5. The van der Waals surface area contributed by atoms with E-state index in [0.717, 1.165) is 0 Å². The van der Waals surface area contributed by atoms with Gasteiger partial charge in [0.15, 0.2) is 0 Å². The molecule has 0 aliphatic carbocycles. The van der Waals surface area contributed by atoms with Crippen molar-refractivity contribution in [3.8, 4) is 0 Å². The van der Waals surface area contributed by atoms with Crippen LogP contribution >= 0.6 is 0 Å². The van der Waals surface area contributed by atoms with Gasteiger partial charge in [-0.15, -0.1) is 0 Å². The van der Waals surface area contributed by atoms with Crippen LogP contribution in [0.4, 0.5) is 5.82 Å². The highest BCUT2D eigenvalue weighted by Gasteiger charge is 2.11. The molecule has 1 aromatic rings. The number of hydrogen-bond acceptors (Lipinski definition) is 4. The van der Waals surface area contributed by atoms with Crippen LogP contribution in [0, 0.1) is 0 Å². The van der Waals surface area contributed by atoms with E-state index in [-0.39, 0.29) is 18.2 Å². The monoisotopic (exact) mass is 211 g/mol. The fourth-order valence-electron chi connectivity index (χ4n) is 1.39. The molecule has 5 nitrogen and oxygen atoms in total. The van der Waals surface area contributed by atoms with E-state index in [1.807, 2.05) is 18.7 Å². The smallest absolute Gasteiger partial charge is 0.252 e. The Kier molecular flexibility index (Phi) is 4.30. The maximum Gasteiger partial charge on any atom is 0.252 e. The summed E-state index contributed by atoms with van der Waals surface area (Å²) in [6.07, 6.45) is 2.07. The Balaban J connectivity index is 2.84. The van der Waals surface area contributed by atoms with Crippen molar-refractivity contribution in [3.63, 3.8) is 0 Å². The van der Waals surface area contributed by atoms with Crippen LogP contribution in [0.3, 0.4) is 0 Å². The van der Waals surface area contributed by atoms with Crippen molar-refractivity contribution in [2.45, 2.75) is 26.3 Å². The SMILES string of the molecule is CC(C)N(CCCO)c1cc(=O)[nH]cn1. The van der Waals surface area contributed by atoms with Gasteiger partial charge in [-0.2, -0.15) is 0 Å². The molecule has 0 atom stereocenters. The molecular weight excluding hydrogens is 194 g/mol. The lowest BCUT2D eigenvalue weighted by molar-refractivity contribution is 0.288. The van der Waals surface area contributed by atoms with E-state index in [2.05, 4.69) is 9.97 Å². The van der Waals surface area contributed by atoms with Gasteiger partial charge >= 0.3 is 0 Å². The quantitative estimate of drug-likeness (QED) is 0.738. The first-order valence-corrected chi connectivity index (χ1v) is 5.07. The topological polar surface area (TPSA) is 69.2 Å². The lowest BCUT2D eigenvalue weighted by Gasteiger charge is -2.27. The summed E-state index contributed by atoms with van der Waals surface area (Å²) in [6.45, 7) is 4.90. The second-order valence-corrected chi connectivity index (χ2v) is 3.63. The van der Waals surface area contributed by atoms with Crippen molar-refractivity contribution < 1.29 is 5.11 Å². The van der Waals surface area contributed by atoms with Crippen LogP contribution in [0.25, 0.3) is 0 Å². The Hall–Kier alpha value is -1.36. The number of aromatic amines is 1. The maximum absolute atomic E-state index is 11.1. The highest BCUT2D eigenvalue weighted by atomic mass is 16.3. The van der Waals surface area contributed by atoms with Gasteiger partial charge in [0.05, 0.1) is 6.33 Å². The van der Waals surface area contributed by atoms with E-state index in [9.17, 15) is 4.79 Å². The molecule has 2 N–H and O–H groups in total. The van der Waals surface area contributed by atoms with E-state index >= 15 is 0 Å². The third-order valence-corrected chi connectivity index (χ3v) is 2.14. The number of aliphatic hydroxyl groups is 1. The van der Waals surface area contributed by atoms with E-state index in [4.69, 9.17) is 5.11 Å². The van der Waals surface area contributed by atoms with Crippen LogP contribution in [0.1, 0.15) is 20.3 Å². The van der Waals surface area contributed by atoms with E-state index in [0.29, 0.717) is 18.8 Å². The summed E-state index contributed by atoms with van der Waals surface area (Å²) in [4.78, 5) is 19.7. The molecule has 0 radical (unpaired) electrons. The Morgan fingerprint density at radius 2 is 2.33 bits per heavy atom. The molecule has 15 heavy (non-hydrogen) atoms. The lowest BCUT2D eigenvalue weighted by Crippen LogP contribution is -2.33. The molecule has 0 saturated heterocycles. The summed E-state index contributed by atoms with van der Waals surface area (Å²) in [5, 5.41) is 8.78. The zero-order valence-electron chi connectivity index (χ0n) is 9.10. The van der Waals surface area contributed by atoms with Crippen LogP contribution in [0.2, 0.25) is 0 Å². The minimum Gasteiger partial charge on any atom is -0.396 e. The Labute approximate surface area is 88.8 Å². The van der Waals surface area contributed by atoms with E-state index < -0.39 is 0 Å². The Morgan fingerprint density at radius 1 is 1.60 bits per heavy atom. The zero-order chi connectivity index (χ0) is 11.3. The van der Waals surface area contributed by atoms with Gasteiger partial charge in [-0.25, -0.2) is 4.98 Å². The average molecular weight is 211 g/mol. The second kappa shape index (κ2) is 5.50. The lowest BCUT2D eigenvalue weighted by atomic mass is 10.3. The largest absolute Gasteiger partial charge is 0.396 e. The minimum atomic E-state index is -0.158. The average Bonchev–Trinajstić information content (AvgIpc) is 2.18. The number of nitrogens with zero attached hydrogens (tertiary/aromatic N) is 2. The predicted molar refractivity (Wildman–Crippen MR) is 59.0 cm³/mol. The van der Waals surface area contributed by atoms with Gasteiger partial charge in [0, 0.05) is 25.3 Å². The zero-order valence-corrected chi connectivity index (χ0v) is 9.10. The first-order valence-electron chi connectivity index (χ1n) is 5.07. The molecule has 1 rings (SSSR count). The maximum atomic E-state index is 11.1. The molecule has 0 unspecified atom stereocenters. The third-order valence-electron chi connectivity index (χ3n) is 2.14. The van der Waals surface area contributed by atoms with Crippen molar-refractivity contribution in [2.24, 2.45) is 0 Å². The molecule has 0 aliphatic heterocycles. The predicted octanol–water partition coefficient (Wildman–Crippen LogP) is 0.367.